The van der Waals surface area contributed by atoms with Gasteiger partial charge in [0.15, 0.2) is 5.13 Å². The van der Waals surface area contributed by atoms with Crippen molar-refractivity contribution in [3.63, 3.8) is 0 Å². The van der Waals surface area contributed by atoms with E-state index in [4.69, 9.17) is 0 Å². The van der Waals surface area contributed by atoms with Gasteiger partial charge in [-0.2, -0.15) is 0 Å². The summed E-state index contributed by atoms with van der Waals surface area (Å²) in [5.74, 6) is 0.575. The van der Waals surface area contributed by atoms with E-state index >= 15 is 0 Å². The van der Waals surface area contributed by atoms with E-state index in [1.807, 2.05) is 4.90 Å². The number of hydrogen-bond donors (Lipinski definition) is 1. The van der Waals surface area contributed by atoms with Crippen LogP contribution in [0.4, 0.5) is 5.13 Å². The van der Waals surface area contributed by atoms with E-state index in [1.165, 1.54) is 0 Å². The molecular formula is C13H21N3OS. The molecule has 0 aromatic carbocycles. The van der Waals surface area contributed by atoms with Crippen molar-refractivity contribution in [2.75, 3.05) is 11.4 Å². The Labute approximate surface area is 112 Å². The van der Waals surface area contributed by atoms with Gasteiger partial charge in [0.1, 0.15) is 0 Å². The van der Waals surface area contributed by atoms with E-state index in [2.05, 4.69) is 43.4 Å². The molecule has 5 heteroatoms. The monoisotopic (exact) mass is 267 g/mol. The highest BCUT2D eigenvalue weighted by atomic mass is 32.1. The first-order valence-electron chi connectivity index (χ1n) is 6.52. The summed E-state index contributed by atoms with van der Waals surface area (Å²) in [5, 5.41) is 6.20. The molecule has 2 heterocycles. The molecule has 2 rings (SSSR count). The number of nitrogens with one attached hydrogen (secondary N) is 1. The fourth-order valence-corrected chi connectivity index (χ4v) is 3.11. The van der Waals surface area contributed by atoms with Crippen LogP contribution in [0.3, 0.4) is 0 Å². The number of amides is 1. The zero-order chi connectivity index (χ0) is 13.3. The molecule has 0 saturated carbocycles. The maximum Gasteiger partial charge on any atom is 0.245 e. The Kier molecular flexibility index (Phi) is 4.02. The molecule has 18 heavy (non-hydrogen) atoms. The number of anilines is 1. The Morgan fingerprint density at radius 3 is 2.72 bits per heavy atom. The Hall–Kier alpha value is -0.940. The Bertz CT molecular complexity index is 428. The first kappa shape index (κ1) is 13.5. The lowest BCUT2D eigenvalue weighted by atomic mass is 10.2. The summed E-state index contributed by atoms with van der Waals surface area (Å²) in [4.78, 5) is 18.6. The molecule has 1 aliphatic rings. The molecule has 1 aliphatic heterocycles. The van der Waals surface area contributed by atoms with Gasteiger partial charge >= 0.3 is 0 Å². The van der Waals surface area contributed by atoms with Gasteiger partial charge < -0.3 is 5.32 Å². The number of nitrogens with zero attached hydrogens (tertiary/aromatic N) is 2. The van der Waals surface area contributed by atoms with Gasteiger partial charge in [-0.15, -0.1) is 11.3 Å². The number of thiazole rings is 1. The minimum absolute atomic E-state index is 0.0450. The van der Waals surface area contributed by atoms with Crippen LogP contribution in [0.5, 0.6) is 0 Å². The molecular weight excluding hydrogens is 246 g/mol. The molecule has 1 N–H and O–H groups in total. The second-order valence-corrected chi connectivity index (χ2v) is 6.20. The van der Waals surface area contributed by atoms with Crippen molar-refractivity contribution in [2.45, 2.75) is 52.1 Å². The van der Waals surface area contributed by atoms with Crippen LogP contribution in [0.25, 0.3) is 0 Å². The molecule has 1 unspecified atom stereocenters. The SMILES string of the molecule is CC(C)NC1CCN(c2nc(C(C)C)cs2)C1=O. The summed E-state index contributed by atoms with van der Waals surface area (Å²) in [6.45, 7) is 9.14. The average Bonchev–Trinajstić information content (AvgIpc) is 2.86. The van der Waals surface area contributed by atoms with Crippen LogP contribution in [0.1, 0.15) is 45.7 Å². The van der Waals surface area contributed by atoms with Gasteiger partial charge in [0.2, 0.25) is 5.91 Å². The lowest BCUT2D eigenvalue weighted by molar-refractivity contribution is -0.118. The molecule has 0 aliphatic carbocycles. The topological polar surface area (TPSA) is 45.2 Å². The summed E-state index contributed by atoms with van der Waals surface area (Å²) in [6.07, 6.45) is 0.869. The molecule has 1 aromatic heterocycles. The molecule has 1 aromatic rings. The van der Waals surface area contributed by atoms with E-state index < -0.39 is 0 Å². The van der Waals surface area contributed by atoms with Crippen molar-refractivity contribution in [3.8, 4) is 0 Å². The summed E-state index contributed by atoms with van der Waals surface area (Å²) in [7, 11) is 0. The van der Waals surface area contributed by atoms with Crippen molar-refractivity contribution in [3.05, 3.63) is 11.1 Å². The first-order chi connectivity index (χ1) is 8.49. The quantitative estimate of drug-likeness (QED) is 0.911. The average molecular weight is 267 g/mol. The number of carbonyl (C=O) groups is 1. The van der Waals surface area contributed by atoms with Crippen LogP contribution in [0, 0.1) is 0 Å². The van der Waals surface area contributed by atoms with Gasteiger partial charge in [0.05, 0.1) is 11.7 Å². The van der Waals surface area contributed by atoms with Crippen molar-refractivity contribution in [1.82, 2.24) is 10.3 Å². The molecule has 1 amide bonds. The minimum Gasteiger partial charge on any atom is -0.304 e. The van der Waals surface area contributed by atoms with Crippen LogP contribution in [0.15, 0.2) is 5.38 Å². The fraction of sp³-hybridized carbons (Fsp3) is 0.692. The predicted octanol–water partition coefficient (Wildman–Crippen LogP) is 2.37. The van der Waals surface area contributed by atoms with Crippen LogP contribution in [-0.4, -0.2) is 29.5 Å². The summed E-state index contributed by atoms with van der Waals surface area (Å²) in [6, 6.07) is 0.290. The van der Waals surface area contributed by atoms with E-state index in [0.717, 1.165) is 23.8 Å². The van der Waals surface area contributed by atoms with Gasteiger partial charge in [-0.3, -0.25) is 9.69 Å². The predicted molar refractivity (Wildman–Crippen MR) is 75.2 cm³/mol. The summed E-state index contributed by atoms with van der Waals surface area (Å²) >= 11 is 1.57. The second kappa shape index (κ2) is 5.36. The third-order valence-electron chi connectivity index (χ3n) is 3.07. The Balaban J connectivity index is 2.08. The number of hydrogen-bond acceptors (Lipinski definition) is 4. The van der Waals surface area contributed by atoms with Gasteiger partial charge in [0.25, 0.3) is 0 Å². The molecule has 0 radical (unpaired) electrons. The minimum atomic E-state index is -0.0450. The molecule has 1 saturated heterocycles. The molecule has 0 spiro atoms. The Morgan fingerprint density at radius 2 is 2.17 bits per heavy atom. The molecule has 4 nitrogen and oxygen atoms in total. The van der Waals surface area contributed by atoms with E-state index in [-0.39, 0.29) is 11.9 Å². The number of rotatable bonds is 4. The molecule has 100 valence electrons. The summed E-state index contributed by atoms with van der Waals surface area (Å²) in [5.41, 5.74) is 1.07. The van der Waals surface area contributed by atoms with Crippen LogP contribution < -0.4 is 10.2 Å². The van der Waals surface area contributed by atoms with Crippen molar-refractivity contribution < 1.29 is 4.79 Å². The first-order valence-corrected chi connectivity index (χ1v) is 7.40. The molecule has 0 bridgehead atoms. The molecule has 1 fully saturated rings. The van der Waals surface area contributed by atoms with Crippen LogP contribution in [0.2, 0.25) is 0 Å². The fourth-order valence-electron chi connectivity index (χ4n) is 2.09. The maximum absolute atomic E-state index is 12.3. The molecule has 1 atom stereocenters. The number of aromatic nitrogens is 1. The van der Waals surface area contributed by atoms with E-state index in [0.29, 0.717) is 12.0 Å². The van der Waals surface area contributed by atoms with Crippen LogP contribution in [-0.2, 0) is 4.79 Å². The zero-order valence-corrected chi connectivity index (χ0v) is 12.3. The largest absolute Gasteiger partial charge is 0.304 e. The van der Waals surface area contributed by atoms with Crippen molar-refractivity contribution in [2.24, 2.45) is 0 Å². The number of carbonyl (C=O) groups excluding carboxylic acids is 1. The van der Waals surface area contributed by atoms with E-state index in [1.54, 1.807) is 11.3 Å². The maximum atomic E-state index is 12.3. The van der Waals surface area contributed by atoms with E-state index in [9.17, 15) is 4.79 Å². The zero-order valence-electron chi connectivity index (χ0n) is 11.4. The third kappa shape index (κ3) is 2.72. The lowest BCUT2D eigenvalue weighted by Gasteiger charge is -2.16. The van der Waals surface area contributed by atoms with Gasteiger partial charge in [0, 0.05) is 18.0 Å². The van der Waals surface area contributed by atoms with Gasteiger partial charge in [-0.1, -0.05) is 27.7 Å². The standard InChI is InChI=1S/C13H21N3OS/c1-8(2)11-7-18-13(15-11)16-6-5-10(12(16)17)14-9(3)4/h7-10,14H,5-6H2,1-4H3. The highest BCUT2D eigenvalue weighted by Gasteiger charge is 2.34. The normalized spacial score (nSPS) is 20.4. The van der Waals surface area contributed by atoms with Crippen molar-refractivity contribution in [1.29, 1.82) is 0 Å². The Morgan fingerprint density at radius 1 is 1.44 bits per heavy atom. The van der Waals surface area contributed by atoms with Crippen LogP contribution >= 0.6 is 11.3 Å². The van der Waals surface area contributed by atoms with Crippen molar-refractivity contribution >= 4 is 22.4 Å². The smallest absolute Gasteiger partial charge is 0.245 e. The second-order valence-electron chi connectivity index (χ2n) is 5.36. The lowest BCUT2D eigenvalue weighted by Crippen LogP contribution is -2.41. The third-order valence-corrected chi connectivity index (χ3v) is 3.95. The highest BCUT2D eigenvalue weighted by Crippen LogP contribution is 2.28. The highest BCUT2D eigenvalue weighted by molar-refractivity contribution is 7.14. The van der Waals surface area contributed by atoms with Gasteiger partial charge in [-0.05, 0) is 12.3 Å². The van der Waals surface area contributed by atoms with Gasteiger partial charge in [-0.25, -0.2) is 4.98 Å². The summed E-state index contributed by atoms with van der Waals surface area (Å²) < 4.78 is 0.